The minimum Gasteiger partial charge on any atom is -0.492 e. The average molecular weight is 504 g/mol. The van der Waals surface area contributed by atoms with E-state index in [1.54, 1.807) is 24.0 Å². The number of thioether (sulfide) groups is 1. The summed E-state index contributed by atoms with van der Waals surface area (Å²) in [4.78, 5) is 25.7. The van der Waals surface area contributed by atoms with Crippen LogP contribution in [0.3, 0.4) is 0 Å². The molecule has 0 fully saturated rings. The number of amides is 1. The van der Waals surface area contributed by atoms with Crippen LogP contribution in [0.5, 0.6) is 5.75 Å². The summed E-state index contributed by atoms with van der Waals surface area (Å²) in [5, 5.41) is 9.25. The fourth-order valence-electron chi connectivity index (χ4n) is 3.34. The number of hydrogen-bond acceptors (Lipinski definition) is 6. The molecule has 2 aromatic carbocycles. The number of nitrogens with zero attached hydrogens (tertiary/aromatic N) is 1. The van der Waals surface area contributed by atoms with E-state index in [4.69, 9.17) is 14.2 Å². The van der Waals surface area contributed by atoms with E-state index in [1.807, 2.05) is 54.2 Å². The van der Waals surface area contributed by atoms with E-state index in [2.05, 4.69) is 6.92 Å². The summed E-state index contributed by atoms with van der Waals surface area (Å²) in [5.74, 6) is 1.81. The maximum atomic E-state index is 12.7. The van der Waals surface area contributed by atoms with Crippen LogP contribution in [0.15, 0.2) is 54.6 Å². The lowest BCUT2D eigenvalue weighted by Crippen LogP contribution is -2.36. The minimum atomic E-state index is -0.973. The molecule has 1 amide bonds. The zero-order valence-corrected chi connectivity index (χ0v) is 21.5. The van der Waals surface area contributed by atoms with Gasteiger partial charge in [-0.15, -0.1) is 0 Å². The van der Waals surface area contributed by atoms with Gasteiger partial charge in [-0.3, -0.25) is 0 Å². The molecule has 0 heterocycles. The summed E-state index contributed by atoms with van der Waals surface area (Å²) in [6, 6.07) is 16.9. The zero-order valence-electron chi connectivity index (χ0n) is 20.7. The summed E-state index contributed by atoms with van der Waals surface area (Å²) in [6.45, 7) is 5.88. The molecule has 1 N–H and O–H groups in total. The predicted molar refractivity (Wildman–Crippen MR) is 139 cm³/mol. The number of carboxylic acid groups (broad SMARTS) is 1. The summed E-state index contributed by atoms with van der Waals surface area (Å²) in [6.07, 6.45) is 1.12. The first-order valence-electron chi connectivity index (χ1n) is 12.1. The lowest BCUT2D eigenvalue weighted by atomic mass is 10.1. The number of carbonyl (C=O) groups excluding carboxylic acids is 1. The number of benzene rings is 2. The fraction of sp³-hybridized carbons (Fsp3) is 0.481. The third-order valence-corrected chi connectivity index (χ3v) is 6.42. The van der Waals surface area contributed by atoms with E-state index in [9.17, 15) is 14.7 Å². The van der Waals surface area contributed by atoms with Gasteiger partial charge in [0.2, 0.25) is 0 Å². The lowest BCUT2D eigenvalue weighted by Gasteiger charge is -2.22. The van der Waals surface area contributed by atoms with Gasteiger partial charge in [-0.05, 0) is 54.5 Å². The summed E-state index contributed by atoms with van der Waals surface area (Å²) >= 11 is 1.89. The Bertz CT molecular complexity index is 862. The first kappa shape index (κ1) is 28.5. The van der Waals surface area contributed by atoms with Gasteiger partial charge in [0.05, 0.1) is 6.54 Å². The highest BCUT2D eigenvalue weighted by Crippen LogP contribution is 2.15. The number of aliphatic carboxylic acids is 1. The van der Waals surface area contributed by atoms with Crippen LogP contribution in [0.2, 0.25) is 0 Å². The van der Waals surface area contributed by atoms with Gasteiger partial charge in [-0.1, -0.05) is 49.4 Å². The Labute approximate surface area is 212 Å². The van der Waals surface area contributed by atoms with Crippen molar-refractivity contribution >= 4 is 23.8 Å². The standard InChI is InChI=1S/C27H37NO6S/c1-3-18-35-19-8-15-28(27(31)34-21-23-9-6-5-7-10-23)16-17-33-24-13-11-22(12-14-24)20-25(26(29)30)32-4-2/h5-7,9-14,25H,3-4,8,15-21H2,1-2H3,(H,29,30). The second-order valence-electron chi connectivity index (χ2n) is 7.97. The Morgan fingerprint density at radius 2 is 1.71 bits per heavy atom. The molecule has 2 aromatic rings. The largest absolute Gasteiger partial charge is 0.492 e. The molecular formula is C27H37NO6S. The van der Waals surface area contributed by atoms with Crippen molar-refractivity contribution in [3.05, 3.63) is 65.7 Å². The van der Waals surface area contributed by atoms with Crippen molar-refractivity contribution in [1.29, 1.82) is 0 Å². The second-order valence-corrected chi connectivity index (χ2v) is 9.20. The molecule has 0 aliphatic rings. The highest BCUT2D eigenvalue weighted by molar-refractivity contribution is 7.99. The van der Waals surface area contributed by atoms with E-state index in [1.165, 1.54) is 0 Å². The quantitative estimate of drug-likeness (QED) is 0.294. The molecule has 35 heavy (non-hydrogen) atoms. The van der Waals surface area contributed by atoms with E-state index in [-0.39, 0.29) is 12.7 Å². The molecule has 0 saturated heterocycles. The molecule has 0 bridgehead atoms. The van der Waals surface area contributed by atoms with Gasteiger partial charge in [0.15, 0.2) is 6.10 Å². The third kappa shape index (κ3) is 11.5. The molecule has 1 atom stereocenters. The topological polar surface area (TPSA) is 85.3 Å². The molecular weight excluding hydrogens is 466 g/mol. The van der Waals surface area contributed by atoms with Gasteiger partial charge in [-0.25, -0.2) is 9.59 Å². The minimum absolute atomic E-state index is 0.238. The highest BCUT2D eigenvalue weighted by Gasteiger charge is 2.18. The van der Waals surface area contributed by atoms with Crippen molar-refractivity contribution in [2.24, 2.45) is 0 Å². The average Bonchev–Trinajstić information content (AvgIpc) is 2.87. The smallest absolute Gasteiger partial charge is 0.410 e. The van der Waals surface area contributed by atoms with Crippen LogP contribution in [-0.4, -0.2) is 66.0 Å². The molecule has 7 nitrogen and oxygen atoms in total. The molecule has 0 aromatic heterocycles. The molecule has 0 aliphatic heterocycles. The Morgan fingerprint density at radius 1 is 0.971 bits per heavy atom. The van der Waals surface area contributed by atoms with Crippen molar-refractivity contribution in [3.63, 3.8) is 0 Å². The summed E-state index contributed by atoms with van der Waals surface area (Å²) in [5.41, 5.74) is 1.80. The van der Waals surface area contributed by atoms with Gasteiger partial charge >= 0.3 is 12.1 Å². The SMILES string of the molecule is CCCSCCCN(CCOc1ccc(CC(OCC)C(=O)O)cc1)C(=O)OCc1ccccc1. The van der Waals surface area contributed by atoms with Crippen LogP contribution >= 0.6 is 11.8 Å². The molecule has 8 heteroatoms. The molecule has 192 valence electrons. The number of carboxylic acids is 1. The van der Waals surface area contributed by atoms with Crippen LogP contribution in [0.25, 0.3) is 0 Å². The molecule has 1 unspecified atom stereocenters. The van der Waals surface area contributed by atoms with Crippen LogP contribution in [-0.2, 0) is 27.3 Å². The second kappa shape index (κ2) is 16.8. The molecule has 0 saturated carbocycles. The van der Waals surface area contributed by atoms with Crippen molar-refractivity contribution in [3.8, 4) is 5.75 Å². The molecule has 0 spiro atoms. The Hall–Kier alpha value is -2.71. The van der Waals surface area contributed by atoms with Crippen molar-refractivity contribution in [2.45, 2.75) is 45.8 Å². The van der Waals surface area contributed by atoms with E-state index in [0.29, 0.717) is 38.5 Å². The van der Waals surface area contributed by atoms with Gasteiger partial charge in [0.25, 0.3) is 0 Å². The number of carbonyl (C=O) groups is 2. The molecule has 0 aliphatic carbocycles. The van der Waals surface area contributed by atoms with E-state index in [0.717, 1.165) is 35.5 Å². The normalized spacial score (nSPS) is 11.6. The van der Waals surface area contributed by atoms with Crippen molar-refractivity contribution in [1.82, 2.24) is 4.90 Å². The Balaban J connectivity index is 1.85. The van der Waals surface area contributed by atoms with Gasteiger partial charge in [0.1, 0.15) is 19.0 Å². The van der Waals surface area contributed by atoms with Gasteiger partial charge in [-0.2, -0.15) is 11.8 Å². The maximum absolute atomic E-state index is 12.7. The maximum Gasteiger partial charge on any atom is 0.410 e. The van der Waals surface area contributed by atoms with Crippen LogP contribution < -0.4 is 4.74 Å². The Kier molecular flexibility index (Phi) is 13.7. The number of rotatable bonds is 17. The predicted octanol–water partition coefficient (Wildman–Crippen LogP) is 5.27. The molecule has 0 radical (unpaired) electrons. The van der Waals surface area contributed by atoms with Crippen molar-refractivity contribution < 1.29 is 28.9 Å². The molecule has 2 rings (SSSR count). The number of hydrogen-bond donors (Lipinski definition) is 1. The first-order chi connectivity index (χ1) is 17.0. The van der Waals surface area contributed by atoms with E-state index < -0.39 is 12.1 Å². The Morgan fingerprint density at radius 3 is 2.37 bits per heavy atom. The number of ether oxygens (including phenoxy) is 3. The summed E-state index contributed by atoms with van der Waals surface area (Å²) < 4.78 is 16.6. The van der Waals surface area contributed by atoms with Crippen LogP contribution in [0.1, 0.15) is 37.8 Å². The lowest BCUT2D eigenvalue weighted by molar-refractivity contribution is -0.149. The van der Waals surface area contributed by atoms with Crippen LogP contribution in [0.4, 0.5) is 4.79 Å². The van der Waals surface area contributed by atoms with Crippen molar-refractivity contribution in [2.75, 3.05) is 37.8 Å². The van der Waals surface area contributed by atoms with Crippen LogP contribution in [0, 0.1) is 0 Å². The highest BCUT2D eigenvalue weighted by atomic mass is 32.2. The van der Waals surface area contributed by atoms with Gasteiger partial charge < -0.3 is 24.2 Å². The third-order valence-electron chi connectivity index (χ3n) is 5.15. The monoisotopic (exact) mass is 503 g/mol. The zero-order chi connectivity index (χ0) is 25.3. The van der Waals surface area contributed by atoms with Gasteiger partial charge in [0, 0.05) is 19.6 Å². The summed E-state index contributed by atoms with van der Waals surface area (Å²) in [7, 11) is 0. The van der Waals surface area contributed by atoms with E-state index >= 15 is 0 Å². The first-order valence-corrected chi connectivity index (χ1v) is 13.3. The fourth-order valence-corrected chi connectivity index (χ4v) is 4.16.